The maximum Gasteiger partial charge on any atom is 0.112 e. The summed E-state index contributed by atoms with van der Waals surface area (Å²) in [6.07, 6.45) is 0.117. The molecule has 0 spiro atoms. The summed E-state index contributed by atoms with van der Waals surface area (Å²) in [5, 5.41) is 8.97. The molecule has 5 nitrogen and oxygen atoms in total. The van der Waals surface area contributed by atoms with Crippen LogP contribution in [0.5, 0.6) is 0 Å². The molecule has 0 fully saturated rings. The highest BCUT2D eigenvalue weighted by atomic mass is 35.5. The lowest BCUT2D eigenvalue weighted by atomic mass is 10.1. The minimum atomic E-state index is 0. The number of hydrogen-bond acceptors (Lipinski definition) is 3. The topological polar surface area (TPSA) is 70.6 Å². The van der Waals surface area contributed by atoms with Gasteiger partial charge in [0.25, 0.3) is 0 Å². The van der Waals surface area contributed by atoms with Gasteiger partial charge in [-0.15, -0.1) is 12.4 Å². The number of nitrogens with zero attached hydrogens (tertiary/aromatic N) is 2. The van der Waals surface area contributed by atoms with Gasteiger partial charge in [0.15, 0.2) is 0 Å². The van der Waals surface area contributed by atoms with E-state index < -0.39 is 0 Å². The van der Waals surface area contributed by atoms with Gasteiger partial charge in [0.05, 0.1) is 24.4 Å². The van der Waals surface area contributed by atoms with E-state index in [1.54, 1.807) is 0 Å². The van der Waals surface area contributed by atoms with Gasteiger partial charge in [0.2, 0.25) is 0 Å². The van der Waals surface area contributed by atoms with E-state index in [2.05, 4.69) is 33.3 Å². The van der Waals surface area contributed by atoms with Gasteiger partial charge in [-0.05, 0) is 13.1 Å². The summed E-state index contributed by atoms with van der Waals surface area (Å²) >= 11 is 0. The maximum absolute atomic E-state index is 5.79. The molecule has 0 saturated heterocycles. The fourth-order valence-electron chi connectivity index (χ4n) is 2.31. The van der Waals surface area contributed by atoms with E-state index in [9.17, 15) is 0 Å². The molecule has 0 radical (unpaired) electrons. The lowest BCUT2D eigenvalue weighted by molar-refractivity contribution is 0.0195. The molecular weight excluding hydrogens is 254 g/mol. The molecule has 3 N–H and O–H groups in total. The molecule has 18 heavy (non-hydrogen) atoms. The van der Waals surface area contributed by atoms with Crippen molar-refractivity contribution in [3.05, 3.63) is 30.0 Å². The Morgan fingerprint density at radius 1 is 1.44 bits per heavy atom. The van der Waals surface area contributed by atoms with Crippen LogP contribution >= 0.6 is 12.4 Å². The predicted octanol–water partition coefficient (Wildman–Crippen LogP) is 0.924. The van der Waals surface area contributed by atoms with Gasteiger partial charge >= 0.3 is 0 Å². The maximum atomic E-state index is 5.79. The summed E-state index contributed by atoms with van der Waals surface area (Å²) in [6.45, 7) is 2.42. The van der Waals surface area contributed by atoms with Crippen molar-refractivity contribution >= 4 is 23.3 Å². The van der Waals surface area contributed by atoms with Crippen molar-refractivity contribution in [1.82, 2.24) is 15.1 Å². The number of aromatic nitrogens is 2. The normalized spacial score (nSPS) is 17.7. The Balaban J connectivity index is 0.000000810. The molecule has 1 aromatic carbocycles. The number of ether oxygens (including phenoxy) is 1. The lowest BCUT2D eigenvalue weighted by Gasteiger charge is -2.24. The molecule has 0 bridgehead atoms. The highest BCUT2D eigenvalue weighted by Gasteiger charge is 2.24. The Kier molecular flexibility index (Phi) is 5.10. The molecule has 0 aliphatic carbocycles. The minimum Gasteiger partial charge on any atom is -0.412 e. The molecular formula is C12H18ClN3O2. The van der Waals surface area contributed by atoms with E-state index >= 15 is 0 Å². The van der Waals surface area contributed by atoms with Crippen LogP contribution < -0.4 is 5.32 Å². The van der Waals surface area contributed by atoms with E-state index in [4.69, 9.17) is 4.74 Å². The van der Waals surface area contributed by atoms with Gasteiger partial charge in [0.1, 0.15) is 6.10 Å². The summed E-state index contributed by atoms with van der Waals surface area (Å²) in [5.74, 6) is 0. The number of rotatable bonds is 2. The minimum absolute atomic E-state index is 0. The number of benzene rings is 1. The SMILES string of the molecule is CNC[C@@H]1OCCn2nc3ccccc3c21.Cl.O. The van der Waals surface area contributed by atoms with Gasteiger partial charge in [-0.1, -0.05) is 18.2 Å². The standard InChI is InChI=1S/C12H15N3O.ClH.H2O/c1-13-8-11-12-9-4-2-3-5-10(9)14-15(12)6-7-16-11;;/h2-5,11,13H,6-8H2,1H3;1H;1H2/t11-;;/m0../s1. The number of likely N-dealkylation sites (N-methyl/N-ethyl adjacent to an activating group) is 1. The van der Waals surface area contributed by atoms with Crippen LogP contribution in [-0.4, -0.2) is 35.5 Å². The van der Waals surface area contributed by atoms with E-state index in [0.717, 1.165) is 25.2 Å². The summed E-state index contributed by atoms with van der Waals surface area (Å²) in [7, 11) is 1.95. The summed E-state index contributed by atoms with van der Waals surface area (Å²) in [4.78, 5) is 0. The molecule has 0 saturated carbocycles. The van der Waals surface area contributed by atoms with E-state index in [-0.39, 0.29) is 24.0 Å². The van der Waals surface area contributed by atoms with Crippen LogP contribution in [-0.2, 0) is 11.3 Å². The first-order valence-corrected chi connectivity index (χ1v) is 5.62. The van der Waals surface area contributed by atoms with Gasteiger partial charge in [-0.2, -0.15) is 5.10 Å². The molecule has 100 valence electrons. The smallest absolute Gasteiger partial charge is 0.112 e. The molecule has 3 rings (SSSR count). The summed E-state index contributed by atoms with van der Waals surface area (Å²) in [5.41, 5.74) is 2.26. The summed E-state index contributed by atoms with van der Waals surface area (Å²) in [6, 6.07) is 8.24. The predicted molar refractivity (Wildman–Crippen MR) is 73.2 cm³/mol. The second-order valence-electron chi connectivity index (χ2n) is 4.04. The number of hydrogen-bond donors (Lipinski definition) is 1. The monoisotopic (exact) mass is 271 g/mol. The average molecular weight is 272 g/mol. The fraction of sp³-hybridized carbons (Fsp3) is 0.417. The first-order valence-electron chi connectivity index (χ1n) is 5.62. The van der Waals surface area contributed by atoms with Crippen molar-refractivity contribution in [1.29, 1.82) is 0 Å². The fourth-order valence-corrected chi connectivity index (χ4v) is 2.31. The average Bonchev–Trinajstić information content (AvgIpc) is 2.68. The molecule has 2 heterocycles. The Labute approximate surface area is 112 Å². The third-order valence-corrected chi connectivity index (χ3v) is 3.00. The van der Waals surface area contributed by atoms with Crippen molar-refractivity contribution in [3.63, 3.8) is 0 Å². The largest absolute Gasteiger partial charge is 0.412 e. The van der Waals surface area contributed by atoms with E-state index in [0.29, 0.717) is 0 Å². The zero-order valence-electron chi connectivity index (χ0n) is 10.2. The van der Waals surface area contributed by atoms with Crippen molar-refractivity contribution in [2.45, 2.75) is 12.6 Å². The van der Waals surface area contributed by atoms with Gasteiger partial charge in [-0.3, -0.25) is 4.68 Å². The molecule has 6 heteroatoms. The molecule has 1 aliphatic rings. The van der Waals surface area contributed by atoms with E-state index in [1.807, 2.05) is 13.1 Å². The second kappa shape index (κ2) is 6.15. The lowest BCUT2D eigenvalue weighted by Crippen LogP contribution is -2.28. The van der Waals surface area contributed by atoms with Crippen LogP contribution in [0.25, 0.3) is 10.9 Å². The third-order valence-electron chi connectivity index (χ3n) is 3.00. The molecule has 1 aromatic heterocycles. The number of nitrogens with one attached hydrogen (secondary N) is 1. The molecule has 1 atom stereocenters. The quantitative estimate of drug-likeness (QED) is 0.883. The van der Waals surface area contributed by atoms with Crippen LogP contribution in [0.3, 0.4) is 0 Å². The van der Waals surface area contributed by atoms with E-state index in [1.165, 1.54) is 11.1 Å². The van der Waals surface area contributed by atoms with Crippen molar-refractivity contribution < 1.29 is 10.2 Å². The molecule has 2 aromatic rings. The van der Waals surface area contributed by atoms with Crippen molar-refractivity contribution in [2.75, 3.05) is 20.2 Å². The Hall–Kier alpha value is -1.14. The zero-order chi connectivity index (χ0) is 11.0. The second-order valence-corrected chi connectivity index (χ2v) is 4.04. The van der Waals surface area contributed by atoms with Crippen LogP contribution in [0.2, 0.25) is 0 Å². The Morgan fingerprint density at radius 2 is 2.22 bits per heavy atom. The Bertz CT molecular complexity index is 515. The first kappa shape index (κ1) is 14.9. The Morgan fingerprint density at radius 3 is 3.00 bits per heavy atom. The van der Waals surface area contributed by atoms with Crippen LogP contribution in [0.15, 0.2) is 24.3 Å². The number of fused-ring (bicyclic) bond motifs is 3. The highest BCUT2D eigenvalue weighted by Crippen LogP contribution is 2.28. The first-order chi connectivity index (χ1) is 7.90. The molecule has 0 amide bonds. The van der Waals surface area contributed by atoms with Crippen LogP contribution in [0.1, 0.15) is 11.8 Å². The summed E-state index contributed by atoms with van der Waals surface area (Å²) < 4.78 is 7.87. The highest BCUT2D eigenvalue weighted by molar-refractivity contribution is 5.85. The van der Waals surface area contributed by atoms with Crippen LogP contribution in [0.4, 0.5) is 0 Å². The number of halogens is 1. The van der Waals surface area contributed by atoms with Gasteiger partial charge in [-0.25, -0.2) is 0 Å². The molecule has 1 aliphatic heterocycles. The molecule has 0 unspecified atom stereocenters. The van der Waals surface area contributed by atoms with Gasteiger partial charge < -0.3 is 15.5 Å². The third kappa shape index (κ3) is 2.35. The zero-order valence-corrected chi connectivity index (χ0v) is 11.0. The van der Waals surface area contributed by atoms with Crippen LogP contribution in [0, 0.1) is 0 Å². The van der Waals surface area contributed by atoms with Gasteiger partial charge in [0, 0.05) is 11.9 Å². The van der Waals surface area contributed by atoms with Crippen molar-refractivity contribution in [2.24, 2.45) is 0 Å². The van der Waals surface area contributed by atoms with Crippen molar-refractivity contribution in [3.8, 4) is 0 Å².